The van der Waals surface area contributed by atoms with Gasteiger partial charge in [-0.05, 0) is 36.5 Å². The highest BCUT2D eigenvalue weighted by molar-refractivity contribution is 7.81. The second-order valence-corrected chi connectivity index (χ2v) is 7.31. The molecule has 1 heteroatoms. The Morgan fingerprint density at radius 2 is 2.00 bits per heavy atom. The lowest BCUT2D eigenvalue weighted by Crippen LogP contribution is -2.45. The van der Waals surface area contributed by atoms with Crippen LogP contribution in [0.25, 0.3) is 0 Å². The second kappa shape index (κ2) is 4.08. The smallest absolute Gasteiger partial charge is 0.0104 e. The van der Waals surface area contributed by atoms with E-state index in [-0.39, 0.29) is 4.75 Å². The van der Waals surface area contributed by atoms with Crippen LogP contribution in [0.2, 0.25) is 0 Å². The quantitative estimate of drug-likeness (QED) is 0.652. The molecule has 0 aromatic rings. The molecule has 0 aliphatic heterocycles. The van der Waals surface area contributed by atoms with Gasteiger partial charge in [0.1, 0.15) is 0 Å². The van der Waals surface area contributed by atoms with Crippen LogP contribution in [0, 0.1) is 17.3 Å². The summed E-state index contributed by atoms with van der Waals surface area (Å²) in [6, 6.07) is 0. The van der Waals surface area contributed by atoms with Crippen LogP contribution in [-0.2, 0) is 0 Å². The molecule has 0 radical (unpaired) electrons. The van der Waals surface area contributed by atoms with Gasteiger partial charge >= 0.3 is 0 Å². The van der Waals surface area contributed by atoms with Crippen molar-refractivity contribution < 1.29 is 0 Å². The van der Waals surface area contributed by atoms with Crippen molar-refractivity contribution in [1.29, 1.82) is 0 Å². The maximum Gasteiger partial charge on any atom is 0.0104 e. The molecule has 0 nitrogen and oxygen atoms in total. The van der Waals surface area contributed by atoms with E-state index in [4.69, 9.17) is 12.6 Å². The minimum Gasteiger partial charge on any atom is -0.173 e. The van der Waals surface area contributed by atoms with Crippen molar-refractivity contribution >= 4 is 12.6 Å². The van der Waals surface area contributed by atoms with Crippen molar-refractivity contribution in [3.05, 3.63) is 0 Å². The minimum atomic E-state index is 0.255. The Morgan fingerprint density at radius 1 is 1.43 bits per heavy atom. The molecule has 0 saturated heterocycles. The Labute approximate surface area is 95.3 Å². The van der Waals surface area contributed by atoms with Crippen LogP contribution in [-0.4, -0.2) is 4.75 Å². The third-order valence-electron chi connectivity index (χ3n) is 3.99. The molecule has 0 spiro atoms. The van der Waals surface area contributed by atoms with Crippen LogP contribution >= 0.6 is 12.6 Å². The molecule has 0 aromatic carbocycles. The zero-order valence-corrected chi connectivity index (χ0v) is 11.3. The zero-order valence-electron chi connectivity index (χ0n) is 10.4. The fourth-order valence-corrected chi connectivity index (χ4v) is 3.75. The van der Waals surface area contributed by atoms with Crippen LogP contribution in [0.4, 0.5) is 0 Å². The van der Waals surface area contributed by atoms with Gasteiger partial charge < -0.3 is 0 Å². The molecule has 3 unspecified atom stereocenters. The van der Waals surface area contributed by atoms with Crippen LogP contribution in [0.3, 0.4) is 0 Å². The maximum absolute atomic E-state index is 4.81. The molecule has 0 heterocycles. The van der Waals surface area contributed by atoms with Crippen molar-refractivity contribution in [2.24, 2.45) is 17.3 Å². The highest BCUT2D eigenvalue weighted by Gasteiger charge is 2.46. The predicted molar refractivity (Wildman–Crippen MR) is 68.0 cm³/mol. The summed E-state index contributed by atoms with van der Waals surface area (Å²) >= 11 is 4.81. The Balaban J connectivity index is 2.51. The van der Waals surface area contributed by atoms with Crippen LogP contribution in [0.1, 0.15) is 60.3 Å². The highest BCUT2D eigenvalue weighted by atomic mass is 32.1. The first-order valence-corrected chi connectivity index (χ1v) is 6.45. The summed E-state index contributed by atoms with van der Waals surface area (Å²) in [6.45, 7) is 11.8. The molecule has 84 valence electrons. The highest BCUT2D eigenvalue weighted by Crippen LogP contribution is 2.54. The topological polar surface area (TPSA) is 0 Å². The minimum absolute atomic E-state index is 0.255. The number of hydrogen-bond acceptors (Lipinski definition) is 1. The number of hydrogen-bond donors (Lipinski definition) is 1. The average molecular weight is 214 g/mol. The summed E-state index contributed by atoms with van der Waals surface area (Å²) in [5.74, 6) is 1.80. The molecular weight excluding hydrogens is 188 g/mol. The van der Waals surface area contributed by atoms with Gasteiger partial charge in [-0.3, -0.25) is 0 Å². The molecule has 1 rings (SSSR count). The summed E-state index contributed by atoms with van der Waals surface area (Å²) in [4.78, 5) is 0. The summed E-state index contributed by atoms with van der Waals surface area (Å²) in [6.07, 6.45) is 5.18. The lowest BCUT2D eigenvalue weighted by Gasteiger charge is -2.53. The second-order valence-electron chi connectivity index (χ2n) is 6.23. The average Bonchev–Trinajstić information content (AvgIpc) is 2.00. The van der Waals surface area contributed by atoms with Gasteiger partial charge in [-0.2, -0.15) is 12.6 Å². The number of rotatable bonds is 4. The third kappa shape index (κ3) is 2.68. The van der Waals surface area contributed by atoms with E-state index in [1.54, 1.807) is 0 Å². The van der Waals surface area contributed by atoms with E-state index in [0.717, 1.165) is 11.8 Å². The molecule has 1 saturated carbocycles. The van der Waals surface area contributed by atoms with Crippen molar-refractivity contribution in [1.82, 2.24) is 0 Å². The van der Waals surface area contributed by atoms with Crippen LogP contribution in [0.5, 0.6) is 0 Å². The van der Waals surface area contributed by atoms with E-state index in [0.29, 0.717) is 5.41 Å². The van der Waals surface area contributed by atoms with Gasteiger partial charge in [0.05, 0.1) is 0 Å². The van der Waals surface area contributed by atoms with Gasteiger partial charge in [0.2, 0.25) is 0 Å². The van der Waals surface area contributed by atoms with E-state index in [9.17, 15) is 0 Å². The lowest BCUT2D eigenvalue weighted by atomic mass is 9.54. The van der Waals surface area contributed by atoms with Gasteiger partial charge in [-0.15, -0.1) is 0 Å². The third-order valence-corrected chi connectivity index (χ3v) is 4.39. The number of thiol groups is 1. The molecule has 0 N–H and O–H groups in total. The Morgan fingerprint density at radius 3 is 2.36 bits per heavy atom. The standard InChI is InChI=1S/C13H26S/c1-6-7-13(5,14)9-11-10(2)8-12(11,3)4/h10-11,14H,6-9H2,1-5H3. The van der Waals surface area contributed by atoms with Crippen molar-refractivity contribution in [3.63, 3.8) is 0 Å². The Bertz CT molecular complexity index is 193. The zero-order chi connectivity index (χ0) is 11.0. The molecule has 3 atom stereocenters. The normalized spacial score (nSPS) is 34.7. The lowest BCUT2D eigenvalue weighted by molar-refractivity contribution is -0.0127. The molecule has 0 aromatic heterocycles. The molecule has 14 heavy (non-hydrogen) atoms. The largest absolute Gasteiger partial charge is 0.173 e. The van der Waals surface area contributed by atoms with Crippen molar-refractivity contribution in [2.75, 3.05) is 0 Å². The Hall–Kier alpha value is 0.350. The molecule has 1 aliphatic carbocycles. The molecule has 1 aliphatic rings. The summed E-state index contributed by atoms with van der Waals surface area (Å²) in [7, 11) is 0. The molecule has 0 amide bonds. The van der Waals surface area contributed by atoms with Gasteiger partial charge in [0.15, 0.2) is 0 Å². The molecule has 1 fully saturated rings. The molecule has 0 bridgehead atoms. The fourth-order valence-electron chi connectivity index (χ4n) is 3.33. The van der Waals surface area contributed by atoms with E-state index < -0.39 is 0 Å². The van der Waals surface area contributed by atoms with E-state index in [2.05, 4.69) is 34.6 Å². The first-order valence-electron chi connectivity index (χ1n) is 6.01. The summed E-state index contributed by atoms with van der Waals surface area (Å²) in [5, 5.41) is 0. The first kappa shape index (κ1) is 12.4. The van der Waals surface area contributed by atoms with Crippen LogP contribution < -0.4 is 0 Å². The van der Waals surface area contributed by atoms with E-state index in [1.807, 2.05) is 0 Å². The molecular formula is C13H26S. The first-order chi connectivity index (χ1) is 6.28. The fraction of sp³-hybridized carbons (Fsp3) is 1.00. The Kier molecular flexibility index (Phi) is 3.62. The van der Waals surface area contributed by atoms with Crippen LogP contribution in [0.15, 0.2) is 0 Å². The summed E-state index contributed by atoms with van der Waals surface area (Å²) in [5.41, 5.74) is 0.567. The predicted octanol–water partition coefficient (Wildman–Crippen LogP) is 4.55. The van der Waals surface area contributed by atoms with Gasteiger partial charge in [0.25, 0.3) is 0 Å². The van der Waals surface area contributed by atoms with Gasteiger partial charge in [0, 0.05) is 4.75 Å². The summed E-state index contributed by atoms with van der Waals surface area (Å²) < 4.78 is 0.255. The SMILES string of the molecule is CCCC(C)(S)CC1C(C)CC1(C)C. The van der Waals surface area contributed by atoms with E-state index in [1.165, 1.54) is 25.7 Å². The van der Waals surface area contributed by atoms with Gasteiger partial charge in [-0.25, -0.2) is 0 Å². The van der Waals surface area contributed by atoms with E-state index >= 15 is 0 Å². The van der Waals surface area contributed by atoms with Crippen molar-refractivity contribution in [2.45, 2.75) is 65.0 Å². The monoisotopic (exact) mass is 214 g/mol. The maximum atomic E-state index is 4.81. The van der Waals surface area contributed by atoms with Gasteiger partial charge in [-0.1, -0.05) is 41.0 Å². The van der Waals surface area contributed by atoms with Crippen molar-refractivity contribution in [3.8, 4) is 0 Å².